The summed E-state index contributed by atoms with van der Waals surface area (Å²) < 4.78 is 11.1. The Kier molecular flexibility index (Phi) is 7.36. The van der Waals surface area contributed by atoms with Crippen molar-refractivity contribution in [2.75, 3.05) is 19.1 Å². The molecular weight excluding hydrogens is 478 g/mol. The van der Waals surface area contributed by atoms with Gasteiger partial charge in [0.1, 0.15) is 17.3 Å². The molecule has 0 aliphatic carbocycles. The highest BCUT2D eigenvalue weighted by Gasteiger charge is 2.48. The number of hydrogen-bond donors (Lipinski definition) is 1. The van der Waals surface area contributed by atoms with Crippen molar-refractivity contribution in [3.05, 3.63) is 94.6 Å². The van der Waals surface area contributed by atoms with Crippen molar-refractivity contribution in [1.29, 1.82) is 0 Å². The van der Waals surface area contributed by atoms with Gasteiger partial charge in [0.05, 0.1) is 25.8 Å². The molecule has 4 rings (SSSR count). The Balaban J connectivity index is 1.95. The molecule has 1 saturated heterocycles. The number of hydrogen-bond acceptors (Lipinski definition) is 5. The molecule has 1 atom stereocenters. The molecule has 0 aromatic heterocycles. The van der Waals surface area contributed by atoms with Crippen LogP contribution < -0.4 is 14.4 Å². The molecule has 1 N–H and O–H groups in total. The van der Waals surface area contributed by atoms with Crippen LogP contribution in [0.5, 0.6) is 11.5 Å². The topological polar surface area (TPSA) is 76.1 Å². The first kappa shape index (κ1) is 27.0. The van der Waals surface area contributed by atoms with Gasteiger partial charge >= 0.3 is 0 Å². The van der Waals surface area contributed by atoms with Crippen molar-refractivity contribution < 1.29 is 24.2 Å². The average Bonchev–Trinajstić information content (AvgIpc) is 3.17. The Bertz CT molecular complexity index is 1400. The number of methoxy groups -OCH3 is 2. The number of aliphatic hydroxyl groups is 1. The monoisotopic (exact) mass is 513 g/mol. The second-order valence-corrected chi connectivity index (χ2v) is 10.8. The lowest BCUT2D eigenvalue weighted by molar-refractivity contribution is -0.132. The molecular formula is C32H35NO5. The minimum absolute atomic E-state index is 0.0132. The zero-order valence-electron chi connectivity index (χ0n) is 23.0. The van der Waals surface area contributed by atoms with Crippen LogP contribution in [0.15, 0.2) is 72.3 Å². The third kappa shape index (κ3) is 4.78. The maximum absolute atomic E-state index is 13.6. The molecule has 1 fully saturated rings. The Hall–Kier alpha value is -4.06. The normalized spacial score (nSPS) is 17.3. The summed E-state index contributed by atoms with van der Waals surface area (Å²) in [7, 11) is 3.14. The van der Waals surface area contributed by atoms with E-state index in [-0.39, 0.29) is 22.7 Å². The van der Waals surface area contributed by atoms with Gasteiger partial charge in [-0.05, 0) is 58.9 Å². The standard InChI is InChI=1S/C32H35NO5/c1-19(2)24-18-20(12-17-26(24)38-7)29(34)27-28(23-10-8-9-11-25(23)37-6)33(31(36)30(27)35)22-15-13-21(14-16-22)32(3,4)5/h8-19,28,34H,1-7H3/b29-27+. The van der Waals surface area contributed by atoms with E-state index in [1.165, 1.54) is 4.90 Å². The molecule has 6 nitrogen and oxygen atoms in total. The molecule has 3 aromatic carbocycles. The first-order valence-electron chi connectivity index (χ1n) is 12.7. The van der Waals surface area contributed by atoms with E-state index in [2.05, 4.69) is 20.8 Å². The van der Waals surface area contributed by atoms with E-state index in [1.54, 1.807) is 32.4 Å². The van der Waals surface area contributed by atoms with Crippen molar-refractivity contribution >= 4 is 23.1 Å². The third-order valence-corrected chi connectivity index (χ3v) is 7.01. The summed E-state index contributed by atoms with van der Waals surface area (Å²) >= 11 is 0. The first-order chi connectivity index (χ1) is 18.0. The molecule has 1 unspecified atom stereocenters. The van der Waals surface area contributed by atoms with Gasteiger partial charge in [-0.2, -0.15) is 0 Å². The van der Waals surface area contributed by atoms with Crippen LogP contribution in [-0.2, 0) is 15.0 Å². The van der Waals surface area contributed by atoms with Gasteiger partial charge in [0.2, 0.25) is 0 Å². The summed E-state index contributed by atoms with van der Waals surface area (Å²) in [5, 5.41) is 11.6. The van der Waals surface area contributed by atoms with Crippen LogP contribution in [0.3, 0.4) is 0 Å². The molecule has 1 heterocycles. The van der Waals surface area contributed by atoms with E-state index in [0.29, 0.717) is 28.3 Å². The van der Waals surface area contributed by atoms with Gasteiger partial charge in [0.15, 0.2) is 0 Å². The van der Waals surface area contributed by atoms with Crippen molar-refractivity contribution in [2.45, 2.75) is 52.0 Å². The van der Waals surface area contributed by atoms with E-state index in [9.17, 15) is 14.7 Å². The van der Waals surface area contributed by atoms with Gasteiger partial charge in [0, 0.05) is 16.8 Å². The summed E-state index contributed by atoms with van der Waals surface area (Å²) in [5.74, 6) is -0.371. The highest BCUT2D eigenvalue weighted by molar-refractivity contribution is 6.51. The fourth-order valence-electron chi connectivity index (χ4n) is 4.90. The summed E-state index contributed by atoms with van der Waals surface area (Å²) in [6.45, 7) is 10.4. The zero-order chi connectivity index (χ0) is 27.8. The van der Waals surface area contributed by atoms with Gasteiger partial charge < -0.3 is 14.6 Å². The molecule has 0 saturated carbocycles. The number of amides is 1. The lowest BCUT2D eigenvalue weighted by atomic mass is 9.87. The number of benzene rings is 3. The molecule has 198 valence electrons. The summed E-state index contributed by atoms with van der Waals surface area (Å²) in [6.07, 6.45) is 0. The van der Waals surface area contributed by atoms with E-state index in [1.807, 2.05) is 62.4 Å². The van der Waals surface area contributed by atoms with E-state index in [0.717, 1.165) is 11.1 Å². The highest BCUT2D eigenvalue weighted by atomic mass is 16.5. The van der Waals surface area contributed by atoms with Crippen LogP contribution in [0.2, 0.25) is 0 Å². The van der Waals surface area contributed by atoms with E-state index < -0.39 is 17.7 Å². The maximum Gasteiger partial charge on any atom is 0.300 e. The van der Waals surface area contributed by atoms with Crippen LogP contribution in [0.4, 0.5) is 5.69 Å². The maximum atomic E-state index is 13.6. The summed E-state index contributed by atoms with van der Waals surface area (Å²) in [4.78, 5) is 28.6. The van der Waals surface area contributed by atoms with Crippen LogP contribution in [-0.4, -0.2) is 31.0 Å². The quantitative estimate of drug-likeness (QED) is 0.224. The molecule has 6 heteroatoms. The van der Waals surface area contributed by atoms with Crippen LogP contribution >= 0.6 is 0 Å². The SMILES string of the molecule is COc1ccc(/C(O)=C2\C(=O)C(=O)N(c3ccc(C(C)(C)C)cc3)C2c2ccccc2OC)cc1C(C)C. The lowest BCUT2D eigenvalue weighted by Gasteiger charge is -2.27. The number of aliphatic hydroxyl groups excluding tert-OH is 1. The van der Waals surface area contributed by atoms with Crippen molar-refractivity contribution in [3.63, 3.8) is 0 Å². The molecule has 0 bridgehead atoms. The van der Waals surface area contributed by atoms with Crippen molar-refractivity contribution in [1.82, 2.24) is 0 Å². The molecule has 1 amide bonds. The predicted octanol–water partition coefficient (Wildman–Crippen LogP) is 6.75. The predicted molar refractivity (Wildman–Crippen MR) is 150 cm³/mol. The highest BCUT2D eigenvalue weighted by Crippen LogP contribution is 2.45. The largest absolute Gasteiger partial charge is 0.507 e. The fourth-order valence-corrected chi connectivity index (χ4v) is 4.90. The average molecular weight is 514 g/mol. The number of Topliss-reactive ketones (excluding diaryl/α,β-unsaturated/α-hetero) is 1. The number of rotatable bonds is 6. The number of carbonyl (C=O) groups excluding carboxylic acids is 2. The number of ether oxygens (including phenoxy) is 2. The zero-order valence-corrected chi connectivity index (χ0v) is 23.0. The Morgan fingerprint density at radius 1 is 0.895 bits per heavy atom. The molecule has 3 aromatic rings. The number of anilines is 1. The third-order valence-electron chi connectivity index (χ3n) is 7.01. The molecule has 1 aliphatic heterocycles. The number of ketones is 1. The van der Waals surface area contributed by atoms with Crippen LogP contribution in [0.25, 0.3) is 5.76 Å². The second kappa shape index (κ2) is 10.4. The van der Waals surface area contributed by atoms with E-state index in [4.69, 9.17) is 9.47 Å². The van der Waals surface area contributed by atoms with Crippen LogP contribution in [0.1, 0.15) is 68.8 Å². The molecule has 0 radical (unpaired) electrons. The Morgan fingerprint density at radius 3 is 2.11 bits per heavy atom. The lowest BCUT2D eigenvalue weighted by Crippen LogP contribution is -2.29. The van der Waals surface area contributed by atoms with Gasteiger partial charge in [-0.15, -0.1) is 0 Å². The smallest absolute Gasteiger partial charge is 0.300 e. The number of para-hydroxylation sites is 1. The minimum Gasteiger partial charge on any atom is -0.507 e. The van der Waals surface area contributed by atoms with Gasteiger partial charge in [-0.3, -0.25) is 14.5 Å². The number of nitrogens with zero attached hydrogens (tertiary/aromatic N) is 1. The van der Waals surface area contributed by atoms with Crippen molar-refractivity contribution in [2.24, 2.45) is 0 Å². The van der Waals surface area contributed by atoms with E-state index >= 15 is 0 Å². The molecule has 38 heavy (non-hydrogen) atoms. The fraction of sp³-hybridized carbons (Fsp3) is 0.312. The molecule has 0 spiro atoms. The summed E-state index contributed by atoms with van der Waals surface area (Å²) in [6, 6.07) is 19.3. The number of carbonyl (C=O) groups is 2. The summed E-state index contributed by atoms with van der Waals surface area (Å²) in [5.41, 5.74) is 3.54. The minimum atomic E-state index is -0.878. The van der Waals surface area contributed by atoms with Gasteiger partial charge in [-0.1, -0.05) is 65.0 Å². The van der Waals surface area contributed by atoms with Crippen LogP contribution in [0, 0.1) is 0 Å². The van der Waals surface area contributed by atoms with Gasteiger partial charge in [-0.25, -0.2) is 0 Å². The second-order valence-electron chi connectivity index (χ2n) is 10.8. The van der Waals surface area contributed by atoms with Crippen molar-refractivity contribution in [3.8, 4) is 11.5 Å². The van der Waals surface area contributed by atoms with Gasteiger partial charge in [0.25, 0.3) is 11.7 Å². The molecule has 1 aliphatic rings. The Morgan fingerprint density at radius 2 is 1.53 bits per heavy atom. The first-order valence-corrected chi connectivity index (χ1v) is 12.7. The Labute approximate surface area is 224 Å².